The second kappa shape index (κ2) is 9.21. The molecule has 3 amide bonds. The zero-order valence-corrected chi connectivity index (χ0v) is 21.3. The Morgan fingerprint density at radius 2 is 1.78 bits per heavy atom. The molecule has 36 heavy (non-hydrogen) atoms. The molecule has 2 fully saturated rings. The first-order chi connectivity index (χ1) is 17.2. The van der Waals surface area contributed by atoms with E-state index in [1.165, 1.54) is 9.80 Å². The van der Waals surface area contributed by atoms with Crippen molar-refractivity contribution in [2.24, 2.45) is 0 Å². The monoisotopic (exact) mass is 519 g/mol. The number of carbonyl (C=O) groups is 2. The molecule has 0 aliphatic carbocycles. The first-order valence-corrected chi connectivity index (χ1v) is 12.2. The van der Waals surface area contributed by atoms with Gasteiger partial charge >= 0.3 is 6.03 Å². The predicted molar refractivity (Wildman–Crippen MR) is 138 cm³/mol. The molecule has 2 unspecified atom stereocenters. The molecule has 0 saturated carbocycles. The van der Waals surface area contributed by atoms with Gasteiger partial charge in [-0.1, -0.05) is 41.4 Å². The maximum absolute atomic E-state index is 14.2. The summed E-state index contributed by atoms with van der Waals surface area (Å²) in [4.78, 5) is 37.3. The Morgan fingerprint density at radius 3 is 2.42 bits per heavy atom. The van der Waals surface area contributed by atoms with Crippen molar-refractivity contribution in [3.8, 4) is 6.07 Å². The average molecular weight is 520 g/mol. The Kier molecular flexibility index (Phi) is 6.21. The number of nitriles is 1. The van der Waals surface area contributed by atoms with Gasteiger partial charge in [0.15, 0.2) is 0 Å². The fourth-order valence-electron chi connectivity index (χ4n) is 5.33. The molecule has 1 spiro atoms. The average Bonchev–Trinajstić information content (AvgIpc) is 3.30. The first kappa shape index (κ1) is 24.3. The van der Waals surface area contributed by atoms with Gasteiger partial charge in [-0.25, -0.2) is 9.69 Å². The van der Waals surface area contributed by atoms with Gasteiger partial charge in [0.1, 0.15) is 5.54 Å². The van der Waals surface area contributed by atoms with Crippen molar-refractivity contribution in [1.29, 1.82) is 5.26 Å². The van der Waals surface area contributed by atoms with Gasteiger partial charge in [-0.05, 0) is 55.0 Å². The van der Waals surface area contributed by atoms with E-state index in [0.29, 0.717) is 40.9 Å². The molecule has 2 saturated heterocycles. The number of likely N-dealkylation sites (N-methyl/N-ethyl adjacent to an activating group) is 1. The van der Waals surface area contributed by atoms with Crippen LogP contribution in [0.5, 0.6) is 0 Å². The summed E-state index contributed by atoms with van der Waals surface area (Å²) in [6.07, 6.45) is 0. The van der Waals surface area contributed by atoms with Crippen LogP contribution in [0.1, 0.15) is 28.4 Å². The molecule has 7 nitrogen and oxygen atoms in total. The highest BCUT2D eigenvalue weighted by molar-refractivity contribution is 6.35. The van der Waals surface area contributed by atoms with Crippen LogP contribution in [-0.4, -0.2) is 52.4 Å². The van der Waals surface area contributed by atoms with E-state index < -0.39 is 11.6 Å². The molecule has 0 N–H and O–H groups in total. The van der Waals surface area contributed by atoms with E-state index in [9.17, 15) is 14.9 Å². The molecular formula is C27H23Cl2N5O2. The number of imide groups is 1. The van der Waals surface area contributed by atoms with Gasteiger partial charge in [0.25, 0.3) is 5.91 Å². The molecule has 2 atom stereocenters. The van der Waals surface area contributed by atoms with Crippen LogP contribution < -0.4 is 4.90 Å². The lowest BCUT2D eigenvalue weighted by atomic mass is 9.80. The second-order valence-electron chi connectivity index (χ2n) is 9.26. The molecule has 2 aliphatic rings. The van der Waals surface area contributed by atoms with Crippen molar-refractivity contribution in [3.63, 3.8) is 0 Å². The third kappa shape index (κ3) is 4.01. The number of hydrogen-bond donors (Lipinski definition) is 0. The first-order valence-electron chi connectivity index (χ1n) is 11.5. The standard InChI is InChI=1S/C27H23Cl2N5O2/c1-17-4-3-5-22(31-17)14-33-15-24(19-8-6-18(13-30)7-9-19)27(16-33)25(35)34(26(36)32(27)2)23-11-20(28)10-21(29)12-23/h3-12,24H,14-16H2,1-2H3. The van der Waals surface area contributed by atoms with E-state index in [-0.39, 0.29) is 11.8 Å². The Balaban J connectivity index is 1.58. The predicted octanol–water partition coefficient (Wildman–Crippen LogP) is 5.01. The number of aryl methyl sites for hydroxylation is 1. The van der Waals surface area contributed by atoms with Crippen LogP contribution in [0.3, 0.4) is 0 Å². The Labute approximate surface area is 219 Å². The number of halogens is 2. The topological polar surface area (TPSA) is 80.5 Å². The fourth-order valence-corrected chi connectivity index (χ4v) is 5.84. The van der Waals surface area contributed by atoms with Gasteiger partial charge in [-0.2, -0.15) is 5.26 Å². The van der Waals surface area contributed by atoms with Crippen LogP contribution in [0.25, 0.3) is 0 Å². The number of pyridine rings is 1. The third-order valence-corrected chi connectivity index (χ3v) is 7.45. The van der Waals surface area contributed by atoms with Crippen LogP contribution in [0, 0.1) is 18.3 Å². The van der Waals surface area contributed by atoms with Crippen molar-refractivity contribution < 1.29 is 9.59 Å². The van der Waals surface area contributed by atoms with Crippen molar-refractivity contribution in [2.75, 3.05) is 25.0 Å². The quantitative estimate of drug-likeness (QED) is 0.452. The highest BCUT2D eigenvalue weighted by atomic mass is 35.5. The summed E-state index contributed by atoms with van der Waals surface area (Å²) < 4.78 is 0. The van der Waals surface area contributed by atoms with Crippen LogP contribution in [0.2, 0.25) is 10.0 Å². The summed E-state index contributed by atoms with van der Waals surface area (Å²) in [5, 5.41) is 9.93. The van der Waals surface area contributed by atoms with Gasteiger partial charge in [0.2, 0.25) is 0 Å². The van der Waals surface area contributed by atoms with Gasteiger partial charge in [0, 0.05) is 48.3 Å². The molecule has 3 aromatic rings. The van der Waals surface area contributed by atoms with Gasteiger partial charge in [-0.15, -0.1) is 0 Å². The van der Waals surface area contributed by atoms with E-state index in [1.54, 1.807) is 37.4 Å². The SMILES string of the molecule is Cc1cccc(CN2CC(c3ccc(C#N)cc3)C3(C2)C(=O)N(c2cc(Cl)cc(Cl)c2)C(=O)N3C)n1. The van der Waals surface area contributed by atoms with Gasteiger partial charge < -0.3 is 4.90 Å². The molecule has 182 valence electrons. The molecule has 2 aromatic carbocycles. The number of carbonyl (C=O) groups excluding carboxylic acids is 2. The zero-order valence-electron chi connectivity index (χ0n) is 19.8. The summed E-state index contributed by atoms with van der Waals surface area (Å²) in [6, 6.07) is 19.5. The minimum Gasteiger partial charge on any atom is -0.310 e. The lowest BCUT2D eigenvalue weighted by Crippen LogP contribution is -2.53. The Morgan fingerprint density at radius 1 is 1.08 bits per heavy atom. The molecule has 2 aliphatic heterocycles. The van der Waals surface area contributed by atoms with E-state index in [0.717, 1.165) is 17.0 Å². The molecule has 3 heterocycles. The number of amides is 3. The van der Waals surface area contributed by atoms with E-state index in [4.69, 9.17) is 23.2 Å². The summed E-state index contributed by atoms with van der Waals surface area (Å²) in [5.41, 5.74) is 2.41. The molecule has 1 aromatic heterocycles. The summed E-state index contributed by atoms with van der Waals surface area (Å²) >= 11 is 12.4. The number of hydrogen-bond acceptors (Lipinski definition) is 5. The fraction of sp³-hybridized carbons (Fsp3) is 0.259. The largest absolute Gasteiger partial charge is 0.332 e. The van der Waals surface area contributed by atoms with E-state index >= 15 is 0 Å². The lowest BCUT2D eigenvalue weighted by Gasteiger charge is -2.34. The maximum Gasteiger partial charge on any atom is 0.332 e. The Hall–Kier alpha value is -3.44. The van der Waals surface area contributed by atoms with Crippen molar-refractivity contribution in [3.05, 3.63) is 93.2 Å². The van der Waals surface area contributed by atoms with Crippen molar-refractivity contribution >= 4 is 40.8 Å². The summed E-state index contributed by atoms with van der Waals surface area (Å²) in [6.45, 7) is 3.35. The molecule has 5 rings (SSSR count). The van der Waals surface area contributed by atoms with Crippen LogP contribution in [-0.2, 0) is 11.3 Å². The molecular weight excluding hydrogens is 497 g/mol. The number of nitrogens with zero attached hydrogens (tertiary/aromatic N) is 5. The van der Waals surface area contributed by atoms with Crippen molar-refractivity contribution in [2.45, 2.75) is 24.9 Å². The number of rotatable bonds is 4. The number of urea groups is 1. The summed E-state index contributed by atoms with van der Waals surface area (Å²) in [7, 11) is 1.66. The lowest BCUT2D eigenvalue weighted by molar-refractivity contribution is -0.124. The molecule has 9 heteroatoms. The highest BCUT2D eigenvalue weighted by Crippen LogP contribution is 2.46. The maximum atomic E-state index is 14.2. The minimum atomic E-state index is -1.15. The number of benzene rings is 2. The van der Waals surface area contributed by atoms with E-state index in [2.05, 4.69) is 16.0 Å². The van der Waals surface area contributed by atoms with Crippen LogP contribution in [0.4, 0.5) is 10.5 Å². The third-order valence-electron chi connectivity index (χ3n) is 7.01. The molecule has 0 radical (unpaired) electrons. The Bertz CT molecular complexity index is 1380. The smallest absolute Gasteiger partial charge is 0.310 e. The van der Waals surface area contributed by atoms with Crippen LogP contribution >= 0.6 is 23.2 Å². The minimum absolute atomic E-state index is 0.323. The number of aromatic nitrogens is 1. The normalized spacial score (nSPS) is 22.0. The highest BCUT2D eigenvalue weighted by Gasteiger charge is 2.64. The van der Waals surface area contributed by atoms with Gasteiger partial charge in [-0.3, -0.25) is 14.7 Å². The van der Waals surface area contributed by atoms with Crippen molar-refractivity contribution in [1.82, 2.24) is 14.8 Å². The second-order valence-corrected chi connectivity index (χ2v) is 10.1. The van der Waals surface area contributed by atoms with Gasteiger partial charge in [0.05, 0.1) is 23.0 Å². The summed E-state index contributed by atoms with van der Waals surface area (Å²) in [5.74, 6) is -0.654. The molecule has 0 bridgehead atoms. The van der Waals surface area contributed by atoms with Crippen LogP contribution in [0.15, 0.2) is 60.7 Å². The zero-order chi connectivity index (χ0) is 25.6. The number of likely N-dealkylation sites (tertiary alicyclic amines) is 1. The number of anilines is 1. The van der Waals surface area contributed by atoms with E-state index in [1.807, 2.05) is 37.3 Å².